The fraction of sp³-hybridized carbons (Fsp3) is 0.300. The number of carbonyl (C=O) groups excluding carboxylic acids is 2. The molecule has 0 bridgehead atoms. The predicted molar refractivity (Wildman–Crippen MR) is 94.8 cm³/mol. The number of esters is 1. The van der Waals surface area contributed by atoms with E-state index in [1.807, 2.05) is 54.6 Å². The molecule has 0 spiro atoms. The van der Waals surface area contributed by atoms with Gasteiger partial charge in [0.05, 0.1) is 0 Å². The Morgan fingerprint density at radius 2 is 1.67 bits per heavy atom. The number of amides is 1. The zero-order valence-corrected chi connectivity index (χ0v) is 14.1. The minimum Gasteiger partial charge on any atom is -0.453 e. The van der Waals surface area contributed by atoms with Gasteiger partial charge in [-0.2, -0.15) is 0 Å². The van der Waals surface area contributed by atoms with Crippen LogP contribution in [0.25, 0.3) is 0 Å². The van der Waals surface area contributed by atoms with E-state index >= 15 is 0 Å². The average molecular weight is 325 g/mol. The lowest BCUT2D eigenvalue weighted by molar-refractivity contribution is -0.153. The van der Waals surface area contributed by atoms with E-state index in [9.17, 15) is 9.59 Å². The number of benzene rings is 2. The molecule has 0 fully saturated rings. The summed E-state index contributed by atoms with van der Waals surface area (Å²) in [7, 11) is 0. The first-order valence-electron chi connectivity index (χ1n) is 8.21. The standard InChI is InChI=1S/C20H23NO3/c1-3-16-9-12-18(13-10-16)21-20(23)15(2)24-19(22)14-11-17-7-5-4-6-8-17/h4-10,12-13,15H,3,11,14H2,1-2H3,(H,21,23)/t15-/m1/s1. The third-order valence-electron chi connectivity index (χ3n) is 3.77. The van der Waals surface area contributed by atoms with E-state index < -0.39 is 6.10 Å². The van der Waals surface area contributed by atoms with Crippen molar-refractivity contribution in [2.45, 2.75) is 39.2 Å². The topological polar surface area (TPSA) is 55.4 Å². The highest BCUT2D eigenvalue weighted by atomic mass is 16.5. The molecule has 2 rings (SSSR count). The molecule has 0 heterocycles. The average Bonchev–Trinajstić information content (AvgIpc) is 2.61. The summed E-state index contributed by atoms with van der Waals surface area (Å²) in [5, 5.41) is 2.76. The van der Waals surface area contributed by atoms with E-state index in [-0.39, 0.29) is 18.3 Å². The summed E-state index contributed by atoms with van der Waals surface area (Å²) in [6, 6.07) is 17.3. The van der Waals surface area contributed by atoms with Crippen molar-refractivity contribution in [1.82, 2.24) is 0 Å². The zero-order chi connectivity index (χ0) is 17.4. The minimum atomic E-state index is -0.820. The number of rotatable bonds is 7. The van der Waals surface area contributed by atoms with Gasteiger partial charge in [0.2, 0.25) is 0 Å². The van der Waals surface area contributed by atoms with Crippen molar-refractivity contribution < 1.29 is 14.3 Å². The van der Waals surface area contributed by atoms with E-state index in [1.165, 1.54) is 5.56 Å². The van der Waals surface area contributed by atoms with Crippen LogP contribution < -0.4 is 5.32 Å². The summed E-state index contributed by atoms with van der Waals surface area (Å²) < 4.78 is 5.20. The third kappa shape index (κ3) is 5.54. The highest BCUT2D eigenvalue weighted by molar-refractivity contribution is 5.95. The molecule has 2 aromatic rings. The van der Waals surface area contributed by atoms with E-state index in [1.54, 1.807) is 6.92 Å². The van der Waals surface area contributed by atoms with Crippen molar-refractivity contribution in [2.75, 3.05) is 5.32 Å². The molecule has 0 aromatic heterocycles. The van der Waals surface area contributed by atoms with Crippen molar-refractivity contribution >= 4 is 17.6 Å². The zero-order valence-electron chi connectivity index (χ0n) is 14.1. The van der Waals surface area contributed by atoms with Crippen LogP contribution in [0, 0.1) is 0 Å². The van der Waals surface area contributed by atoms with Crippen LogP contribution in [0.15, 0.2) is 54.6 Å². The first-order valence-corrected chi connectivity index (χ1v) is 8.21. The Kier molecular flexibility index (Phi) is 6.55. The summed E-state index contributed by atoms with van der Waals surface area (Å²) in [6.07, 6.45) is 0.988. The van der Waals surface area contributed by atoms with Crippen molar-refractivity contribution in [2.24, 2.45) is 0 Å². The van der Waals surface area contributed by atoms with Gasteiger partial charge in [0.15, 0.2) is 6.10 Å². The number of aryl methyl sites for hydroxylation is 2. The van der Waals surface area contributed by atoms with Crippen molar-refractivity contribution in [1.29, 1.82) is 0 Å². The van der Waals surface area contributed by atoms with Crippen LogP contribution in [0.3, 0.4) is 0 Å². The van der Waals surface area contributed by atoms with Gasteiger partial charge in [-0.1, -0.05) is 49.4 Å². The van der Waals surface area contributed by atoms with Crippen LogP contribution in [-0.2, 0) is 27.2 Å². The fourth-order valence-corrected chi connectivity index (χ4v) is 2.27. The molecule has 126 valence electrons. The Morgan fingerprint density at radius 1 is 1.00 bits per heavy atom. The Hall–Kier alpha value is -2.62. The van der Waals surface area contributed by atoms with E-state index in [0.29, 0.717) is 12.1 Å². The number of hydrogen-bond acceptors (Lipinski definition) is 3. The van der Waals surface area contributed by atoms with Crippen LogP contribution in [-0.4, -0.2) is 18.0 Å². The normalized spacial score (nSPS) is 11.6. The molecule has 0 unspecified atom stereocenters. The molecule has 1 atom stereocenters. The maximum absolute atomic E-state index is 12.1. The highest BCUT2D eigenvalue weighted by Crippen LogP contribution is 2.11. The number of hydrogen-bond donors (Lipinski definition) is 1. The van der Waals surface area contributed by atoms with E-state index in [0.717, 1.165) is 12.0 Å². The first kappa shape index (κ1) is 17.7. The SMILES string of the molecule is CCc1ccc(NC(=O)[C@@H](C)OC(=O)CCc2ccccc2)cc1. The summed E-state index contributed by atoms with van der Waals surface area (Å²) in [5.74, 6) is -0.699. The van der Waals surface area contributed by atoms with Gasteiger partial charge in [-0.15, -0.1) is 0 Å². The number of ether oxygens (including phenoxy) is 1. The number of anilines is 1. The molecule has 4 heteroatoms. The molecule has 1 N–H and O–H groups in total. The Morgan fingerprint density at radius 3 is 2.29 bits per heavy atom. The molecular formula is C20H23NO3. The molecule has 0 saturated carbocycles. The second-order valence-corrected chi connectivity index (χ2v) is 5.66. The maximum Gasteiger partial charge on any atom is 0.306 e. The van der Waals surface area contributed by atoms with Crippen molar-refractivity contribution in [3.63, 3.8) is 0 Å². The monoisotopic (exact) mass is 325 g/mol. The molecule has 0 radical (unpaired) electrons. The van der Waals surface area contributed by atoms with Crippen LogP contribution >= 0.6 is 0 Å². The van der Waals surface area contributed by atoms with Gasteiger partial charge in [-0.25, -0.2) is 0 Å². The second kappa shape index (κ2) is 8.87. The largest absolute Gasteiger partial charge is 0.453 e. The predicted octanol–water partition coefficient (Wildman–Crippen LogP) is 3.75. The van der Waals surface area contributed by atoms with Gasteiger partial charge in [-0.05, 0) is 43.0 Å². The van der Waals surface area contributed by atoms with Gasteiger partial charge in [0.25, 0.3) is 5.91 Å². The van der Waals surface area contributed by atoms with Crippen LogP contribution in [0.4, 0.5) is 5.69 Å². The molecule has 4 nitrogen and oxygen atoms in total. The van der Waals surface area contributed by atoms with Crippen LogP contribution in [0.2, 0.25) is 0 Å². The Labute approximate surface area is 142 Å². The lowest BCUT2D eigenvalue weighted by Gasteiger charge is -2.14. The summed E-state index contributed by atoms with van der Waals surface area (Å²) in [6.45, 7) is 3.65. The smallest absolute Gasteiger partial charge is 0.306 e. The first-order chi connectivity index (χ1) is 11.6. The number of nitrogens with one attached hydrogen (secondary N) is 1. The van der Waals surface area contributed by atoms with Gasteiger partial charge >= 0.3 is 5.97 Å². The second-order valence-electron chi connectivity index (χ2n) is 5.66. The van der Waals surface area contributed by atoms with Crippen molar-refractivity contribution in [3.05, 3.63) is 65.7 Å². The van der Waals surface area contributed by atoms with Gasteiger partial charge in [0.1, 0.15) is 0 Å². The molecule has 0 aliphatic rings. The molecule has 2 aromatic carbocycles. The molecular weight excluding hydrogens is 302 g/mol. The maximum atomic E-state index is 12.1. The van der Waals surface area contributed by atoms with E-state index in [2.05, 4.69) is 12.2 Å². The Bertz CT molecular complexity index is 665. The van der Waals surface area contributed by atoms with Gasteiger partial charge < -0.3 is 10.1 Å². The van der Waals surface area contributed by atoms with Gasteiger partial charge in [-0.3, -0.25) is 9.59 Å². The summed E-state index contributed by atoms with van der Waals surface area (Å²) in [5.41, 5.74) is 2.97. The fourth-order valence-electron chi connectivity index (χ4n) is 2.27. The molecule has 0 aliphatic heterocycles. The van der Waals surface area contributed by atoms with Crippen LogP contribution in [0.1, 0.15) is 31.4 Å². The number of carbonyl (C=O) groups is 2. The quantitative estimate of drug-likeness (QED) is 0.789. The summed E-state index contributed by atoms with van der Waals surface area (Å²) >= 11 is 0. The molecule has 0 aliphatic carbocycles. The highest BCUT2D eigenvalue weighted by Gasteiger charge is 2.17. The molecule has 24 heavy (non-hydrogen) atoms. The van der Waals surface area contributed by atoms with Crippen molar-refractivity contribution in [3.8, 4) is 0 Å². The van der Waals surface area contributed by atoms with Gasteiger partial charge in [0, 0.05) is 12.1 Å². The minimum absolute atomic E-state index is 0.257. The lowest BCUT2D eigenvalue weighted by Crippen LogP contribution is -2.30. The third-order valence-corrected chi connectivity index (χ3v) is 3.77. The molecule has 0 saturated heterocycles. The molecule has 1 amide bonds. The van der Waals surface area contributed by atoms with E-state index in [4.69, 9.17) is 4.74 Å². The Balaban J connectivity index is 1.78. The summed E-state index contributed by atoms with van der Waals surface area (Å²) in [4.78, 5) is 24.0. The van der Waals surface area contributed by atoms with Crippen LogP contribution in [0.5, 0.6) is 0 Å². The lowest BCUT2D eigenvalue weighted by atomic mass is 10.1.